The van der Waals surface area contributed by atoms with Crippen LogP contribution < -0.4 is 10.6 Å². The molecule has 1 aromatic carbocycles. The van der Waals surface area contributed by atoms with Crippen molar-refractivity contribution in [3.8, 4) is 0 Å². The summed E-state index contributed by atoms with van der Waals surface area (Å²) in [5.41, 5.74) is 0.313. The Morgan fingerprint density at radius 3 is 2.90 bits per heavy atom. The van der Waals surface area contributed by atoms with Crippen molar-refractivity contribution in [3.63, 3.8) is 0 Å². The molecule has 21 heavy (non-hydrogen) atoms. The maximum Gasteiger partial charge on any atom is 0.252 e. The van der Waals surface area contributed by atoms with Crippen LogP contribution in [0, 0.1) is 9.39 Å². The minimum atomic E-state index is -0.334. The smallest absolute Gasteiger partial charge is 0.252 e. The Morgan fingerprint density at radius 2 is 2.33 bits per heavy atom. The maximum atomic E-state index is 13.0. The molecule has 0 spiro atoms. The molecule has 2 rings (SSSR count). The van der Waals surface area contributed by atoms with Gasteiger partial charge in [0.15, 0.2) is 0 Å². The molecule has 4 nitrogen and oxygen atoms in total. The van der Waals surface area contributed by atoms with Crippen molar-refractivity contribution in [1.82, 2.24) is 10.6 Å². The first-order valence-electron chi connectivity index (χ1n) is 6.53. The molecule has 7 heteroatoms. The van der Waals surface area contributed by atoms with Crippen LogP contribution in [0.1, 0.15) is 23.2 Å². The van der Waals surface area contributed by atoms with Crippen molar-refractivity contribution in [2.24, 2.45) is 0 Å². The Hall–Kier alpha value is -0.440. The lowest BCUT2D eigenvalue weighted by molar-refractivity contribution is 0.0891. The van der Waals surface area contributed by atoms with Crippen LogP contribution in [0.5, 0.6) is 0 Å². The van der Waals surface area contributed by atoms with Crippen LogP contribution in [0.3, 0.4) is 0 Å². The van der Waals surface area contributed by atoms with Crippen LogP contribution in [0.25, 0.3) is 0 Å². The maximum absolute atomic E-state index is 13.0. The van der Waals surface area contributed by atoms with Crippen molar-refractivity contribution >= 4 is 40.9 Å². The van der Waals surface area contributed by atoms with E-state index < -0.39 is 0 Å². The van der Waals surface area contributed by atoms with Crippen molar-refractivity contribution in [1.29, 1.82) is 0 Å². The predicted molar refractivity (Wildman–Crippen MR) is 90.5 cm³/mol. The number of rotatable bonds is 5. The van der Waals surface area contributed by atoms with E-state index in [-0.39, 0.29) is 29.7 Å². The number of carbonyl (C=O) groups excluding carboxylic acids is 1. The first kappa shape index (κ1) is 18.6. The highest BCUT2D eigenvalue weighted by molar-refractivity contribution is 14.1. The molecule has 0 saturated carbocycles. The number of ether oxygens (including phenoxy) is 1. The van der Waals surface area contributed by atoms with Gasteiger partial charge in [0.05, 0.1) is 17.7 Å². The van der Waals surface area contributed by atoms with Crippen LogP contribution in [0.15, 0.2) is 18.2 Å². The summed E-state index contributed by atoms with van der Waals surface area (Å²) in [6.45, 7) is 2.01. The molecule has 1 fully saturated rings. The van der Waals surface area contributed by atoms with Crippen molar-refractivity contribution in [2.75, 3.05) is 26.8 Å². The number of nitrogens with one attached hydrogen (secondary N) is 2. The topological polar surface area (TPSA) is 50.4 Å². The zero-order valence-corrected chi connectivity index (χ0v) is 14.7. The van der Waals surface area contributed by atoms with Crippen molar-refractivity contribution in [3.05, 3.63) is 33.1 Å². The third-order valence-corrected chi connectivity index (χ3v) is 4.41. The fourth-order valence-corrected chi connectivity index (χ4v) is 3.21. The molecule has 1 amide bonds. The highest BCUT2D eigenvalue weighted by Crippen LogP contribution is 2.19. The summed E-state index contributed by atoms with van der Waals surface area (Å²) in [6, 6.07) is 4.17. The van der Waals surface area contributed by atoms with E-state index in [1.165, 1.54) is 18.2 Å². The monoisotopic (exact) mass is 428 g/mol. The Bertz CT molecular complexity index is 496. The molecule has 0 aliphatic carbocycles. The molecule has 1 aliphatic rings. The van der Waals surface area contributed by atoms with E-state index in [1.807, 2.05) is 22.6 Å². The molecular weight excluding hydrogens is 410 g/mol. The molecule has 1 unspecified atom stereocenters. The van der Waals surface area contributed by atoms with Gasteiger partial charge in [-0.2, -0.15) is 0 Å². The Morgan fingerprint density at radius 1 is 1.57 bits per heavy atom. The van der Waals surface area contributed by atoms with E-state index in [4.69, 9.17) is 4.74 Å². The number of halogens is 3. The lowest BCUT2D eigenvalue weighted by Gasteiger charge is -2.29. The second-order valence-electron chi connectivity index (χ2n) is 5.05. The quantitative estimate of drug-likeness (QED) is 0.708. The summed E-state index contributed by atoms with van der Waals surface area (Å²) in [5, 5.41) is 6.32. The van der Waals surface area contributed by atoms with Crippen LogP contribution in [0.4, 0.5) is 4.39 Å². The van der Waals surface area contributed by atoms with Gasteiger partial charge in [-0.05, 0) is 60.2 Å². The first-order valence-corrected chi connectivity index (χ1v) is 7.61. The Kier molecular flexibility index (Phi) is 7.32. The van der Waals surface area contributed by atoms with E-state index in [2.05, 4.69) is 10.6 Å². The third-order valence-electron chi connectivity index (χ3n) is 3.52. The van der Waals surface area contributed by atoms with Crippen molar-refractivity contribution < 1.29 is 13.9 Å². The summed E-state index contributed by atoms with van der Waals surface area (Å²) in [7, 11) is 1.66. The number of carbonyl (C=O) groups is 1. The first-order chi connectivity index (χ1) is 9.56. The number of methoxy groups -OCH3 is 1. The number of hydrogen-bond donors (Lipinski definition) is 2. The summed E-state index contributed by atoms with van der Waals surface area (Å²) >= 11 is 1.97. The van der Waals surface area contributed by atoms with E-state index in [9.17, 15) is 9.18 Å². The number of benzene rings is 1. The minimum absolute atomic E-state index is 0. The third kappa shape index (κ3) is 4.77. The van der Waals surface area contributed by atoms with Crippen LogP contribution in [0.2, 0.25) is 0 Å². The normalized spacial score (nSPS) is 20.9. The molecule has 0 radical (unpaired) electrons. The summed E-state index contributed by atoms with van der Waals surface area (Å²) in [4.78, 5) is 12.2. The van der Waals surface area contributed by atoms with Gasteiger partial charge in [-0.15, -0.1) is 12.4 Å². The predicted octanol–water partition coefficient (Wildman–Crippen LogP) is 2.35. The SMILES string of the molecule is COCC1(CNC(=O)c2ccc(F)cc2I)CCCN1.Cl. The zero-order chi connectivity index (χ0) is 14.6. The summed E-state index contributed by atoms with van der Waals surface area (Å²) < 4.78 is 18.9. The lowest BCUT2D eigenvalue weighted by Crippen LogP contribution is -2.53. The fourth-order valence-electron chi connectivity index (χ4n) is 2.49. The standard InChI is InChI=1S/C14H18FIN2O2.ClH/c1-20-9-14(5-2-6-18-14)8-17-13(19)11-4-3-10(15)7-12(11)16;/h3-4,7,18H,2,5-6,8-9H2,1H3,(H,17,19);1H. The molecule has 118 valence electrons. The summed E-state index contributed by atoms with van der Waals surface area (Å²) in [5.74, 6) is -0.516. The van der Waals surface area contributed by atoms with Crippen LogP contribution >= 0.6 is 35.0 Å². The van der Waals surface area contributed by atoms with E-state index in [0.717, 1.165) is 19.4 Å². The molecule has 1 aromatic rings. The van der Waals surface area contributed by atoms with Gasteiger partial charge in [0.25, 0.3) is 5.91 Å². The van der Waals surface area contributed by atoms with E-state index >= 15 is 0 Å². The van der Waals surface area contributed by atoms with Gasteiger partial charge in [0.2, 0.25) is 0 Å². The highest BCUT2D eigenvalue weighted by atomic mass is 127. The molecule has 1 heterocycles. The number of hydrogen-bond acceptors (Lipinski definition) is 3. The van der Waals surface area contributed by atoms with Gasteiger partial charge < -0.3 is 15.4 Å². The minimum Gasteiger partial charge on any atom is -0.383 e. The Balaban J connectivity index is 0.00000220. The molecule has 0 bridgehead atoms. The largest absolute Gasteiger partial charge is 0.383 e. The zero-order valence-electron chi connectivity index (χ0n) is 11.7. The van der Waals surface area contributed by atoms with Gasteiger partial charge in [0.1, 0.15) is 5.82 Å². The van der Waals surface area contributed by atoms with Gasteiger partial charge in [-0.25, -0.2) is 4.39 Å². The van der Waals surface area contributed by atoms with E-state index in [1.54, 1.807) is 7.11 Å². The second kappa shape index (κ2) is 8.26. The molecule has 2 N–H and O–H groups in total. The van der Waals surface area contributed by atoms with Gasteiger partial charge in [-0.3, -0.25) is 4.79 Å². The molecule has 1 saturated heterocycles. The van der Waals surface area contributed by atoms with Crippen LogP contribution in [-0.2, 0) is 4.74 Å². The van der Waals surface area contributed by atoms with E-state index in [0.29, 0.717) is 22.3 Å². The molecule has 1 aliphatic heterocycles. The van der Waals surface area contributed by atoms with Gasteiger partial charge in [0, 0.05) is 17.2 Å². The average molecular weight is 429 g/mol. The molecule has 0 aromatic heterocycles. The van der Waals surface area contributed by atoms with Crippen molar-refractivity contribution in [2.45, 2.75) is 18.4 Å². The lowest BCUT2D eigenvalue weighted by atomic mass is 9.98. The van der Waals surface area contributed by atoms with Gasteiger partial charge >= 0.3 is 0 Å². The highest BCUT2D eigenvalue weighted by Gasteiger charge is 2.33. The summed E-state index contributed by atoms with van der Waals surface area (Å²) in [6.07, 6.45) is 2.05. The second-order valence-corrected chi connectivity index (χ2v) is 6.21. The molecule has 1 atom stereocenters. The molecular formula is C14H19ClFIN2O2. The average Bonchev–Trinajstić information content (AvgIpc) is 2.85. The van der Waals surface area contributed by atoms with Crippen LogP contribution in [-0.4, -0.2) is 38.3 Å². The van der Waals surface area contributed by atoms with Gasteiger partial charge in [-0.1, -0.05) is 0 Å². The fraction of sp³-hybridized carbons (Fsp3) is 0.500. The Labute approximate surface area is 143 Å². The number of amides is 1.